The van der Waals surface area contributed by atoms with Crippen molar-refractivity contribution < 1.29 is 38.6 Å². The Kier molecular flexibility index (Phi) is 6.06. The second-order valence-electron chi connectivity index (χ2n) is 5.11. The van der Waals surface area contributed by atoms with E-state index in [9.17, 15) is 20.0 Å². The molecule has 0 radical (unpaired) electrons. The Morgan fingerprint density at radius 2 is 2.08 bits per heavy atom. The average molecular weight is 387 g/mol. The number of aliphatic hydroxyl groups excluding tert-OH is 2. The fourth-order valence-electron chi connectivity index (χ4n) is 2.39. The number of aromatic nitrogens is 4. The SMILES string of the molecule is Nc1c2ncn([C@H]3O[C@@H](COP(=O)(O)O)C(O)C3O)c2nc[n+]1[O-].[NaH]. The predicted molar refractivity (Wildman–Crippen MR) is 82.0 cm³/mol. The summed E-state index contributed by atoms with van der Waals surface area (Å²) in [6.07, 6.45) is -3.16. The summed E-state index contributed by atoms with van der Waals surface area (Å²) in [4.78, 5) is 25.2. The molecule has 0 amide bonds. The molecule has 3 heterocycles. The predicted octanol–water partition coefficient (Wildman–Crippen LogP) is -3.27. The topological polar surface area (TPSA) is 200 Å². The van der Waals surface area contributed by atoms with Gasteiger partial charge in [0.05, 0.1) is 6.61 Å². The minimum absolute atomic E-state index is 0. The Hall–Kier alpha value is -0.860. The fourth-order valence-corrected chi connectivity index (χ4v) is 2.73. The molecule has 1 saturated heterocycles. The van der Waals surface area contributed by atoms with E-state index in [-0.39, 0.29) is 46.5 Å². The van der Waals surface area contributed by atoms with Gasteiger partial charge < -0.3 is 35.7 Å². The molecule has 0 bridgehead atoms. The zero-order chi connectivity index (χ0) is 17.6. The fraction of sp³-hybridized carbons (Fsp3) is 0.500. The van der Waals surface area contributed by atoms with E-state index in [0.717, 1.165) is 6.33 Å². The molecule has 0 aliphatic carbocycles. The number of aliphatic hydroxyl groups is 2. The van der Waals surface area contributed by atoms with Crippen LogP contribution in [0.1, 0.15) is 6.23 Å². The van der Waals surface area contributed by atoms with Crippen LogP contribution >= 0.6 is 7.82 Å². The number of phosphoric acid groups is 1. The van der Waals surface area contributed by atoms with Crippen molar-refractivity contribution in [2.75, 3.05) is 12.3 Å². The van der Waals surface area contributed by atoms with Gasteiger partial charge in [-0.1, -0.05) is 4.98 Å². The number of nitrogens with two attached hydrogens (primary N) is 1. The first-order valence-electron chi connectivity index (χ1n) is 6.61. The van der Waals surface area contributed by atoms with Gasteiger partial charge in [-0.2, -0.15) is 0 Å². The summed E-state index contributed by atoms with van der Waals surface area (Å²) in [5.74, 6) is -0.201. The summed E-state index contributed by atoms with van der Waals surface area (Å²) in [7, 11) is -4.75. The summed E-state index contributed by atoms with van der Waals surface area (Å²) in [6.45, 7) is -0.637. The van der Waals surface area contributed by atoms with Gasteiger partial charge in [-0.3, -0.25) is 9.09 Å². The third-order valence-corrected chi connectivity index (χ3v) is 4.04. The van der Waals surface area contributed by atoms with Crippen molar-refractivity contribution >= 4 is 54.4 Å². The Bertz CT molecular complexity index is 814. The van der Waals surface area contributed by atoms with Crippen LogP contribution in [0.15, 0.2) is 12.7 Å². The Labute approximate surface area is 162 Å². The van der Waals surface area contributed by atoms with Crippen molar-refractivity contribution in [3.63, 3.8) is 0 Å². The molecule has 0 saturated carbocycles. The van der Waals surface area contributed by atoms with Crippen LogP contribution in [0.3, 0.4) is 0 Å². The summed E-state index contributed by atoms with van der Waals surface area (Å²) in [6, 6.07) is 0. The van der Waals surface area contributed by atoms with Gasteiger partial charge in [0.1, 0.15) is 24.6 Å². The molecule has 2 aromatic heterocycles. The van der Waals surface area contributed by atoms with Gasteiger partial charge in [-0.25, -0.2) is 14.3 Å². The van der Waals surface area contributed by atoms with Crippen molar-refractivity contribution in [3.8, 4) is 0 Å². The van der Waals surface area contributed by atoms with E-state index in [1.165, 1.54) is 10.9 Å². The molecule has 1 aliphatic heterocycles. The first-order chi connectivity index (χ1) is 11.2. The molecule has 134 valence electrons. The number of phosphoric ester groups is 1. The molecule has 3 rings (SSSR count). The number of nitrogens with zero attached hydrogens (tertiary/aromatic N) is 4. The van der Waals surface area contributed by atoms with Gasteiger partial charge in [0.25, 0.3) is 5.82 Å². The molecule has 1 fully saturated rings. The molecule has 2 unspecified atom stereocenters. The average Bonchev–Trinajstić information content (AvgIpc) is 3.04. The molecular weight excluding hydrogens is 372 g/mol. The monoisotopic (exact) mass is 387 g/mol. The minimum atomic E-state index is -4.75. The van der Waals surface area contributed by atoms with E-state index in [2.05, 4.69) is 14.5 Å². The number of hydrogen-bond acceptors (Lipinski definition) is 9. The van der Waals surface area contributed by atoms with Crippen LogP contribution in [0.5, 0.6) is 0 Å². The second-order valence-corrected chi connectivity index (χ2v) is 6.35. The third kappa shape index (κ3) is 3.95. The van der Waals surface area contributed by atoms with Crippen molar-refractivity contribution in [2.24, 2.45) is 0 Å². The van der Waals surface area contributed by atoms with Gasteiger partial charge in [0, 0.05) is 0 Å². The first-order valence-corrected chi connectivity index (χ1v) is 8.14. The van der Waals surface area contributed by atoms with Crippen molar-refractivity contribution in [1.82, 2.24) is 14.5 Å². The van der Waals surface area contributed by atoms with E-state index in [4.69, 9.17) is 20.3 Å². The number of nitrogen functional groups attached to an aromatic ring is 1. The molecule has 13 nitrogen and oxygen atoms in total. The van der Waals surface area contributed by atoms with Gasteiger partial charge >= 0.3 is 37.4 Å². The number of rotatable bonds is 4. The van der Waals surface area contributed by atoms with E-state index in [1.807, 2.05) is 0 Å². The number of fused-ring (bicyclic) bond motifs is 1. The molecule has 6 N–H and O–H groups in total. The molecule has 25 heavy (non-hydrogen) atoms. The molecule has 1 aliphatic rings. The van der Waals surface area contributed by atoms with Crippen LogP contribution in [0, 0.1) is 5.21 Å². The molecule has 4 atom stereocenters. The summed E-state index contributed by atoms with van der Waals surface area (Å²) in [5.41, 5.74) is 5.80. The van der Waals surface area contributed by atoms with Crippen LogP contribution in [0.4, 0.5) is 5.82 Å². The van der Waals surface area contributed by atoms with E-state index >= 15 is 0 Å². The van der Waals surface area contributed by atoms with Crippen LogP contribution in [0.2, 0.25) is 0 Å². The van der Waals surface area contributed by atoms with Crippen LogP contribution in [0.25, 0.3) is 11.2 Å². The Morgan fingerprint density at radius 3 is 2.72 bits per heavy atom. The van der Waals surface area contributed by atoms with E-state index in [1.54, 1.807) is 0 Å². The summed E-state index contributed by atoms with van der Waals surface area (Å²) >= 11 is 0. The van der Waals surface area contributed by atoms with Crippen molar-refractivity contribution in [3.05, 3.63) is 17.9 Å². The van der Waals surface area contributed by atoms with Crippen molar-refractivity contribution in [1.29, 1.82) is 0 Å². The Balaban J connectivity index is 0.00000225. The van der Waals surface area contributed by atoms with Gasteiger partial charge in [-0.05, 0) is 0 Å². The number of anilines is 1. The van der Waals surface area contributed by atoms with Crippen LogP contribution < -0.4 is 10.5 Å². The zero-order valence-electron chi connectivity index (χ0n) is 11.9. The number of ether oxygens (including phenoxy) is 1. The number of hydrogen-bond donors (Lipinski definition) is 5. The van der Waals surface area contributed by atoms with Crippen LogP contribution in [-0.4, -0.2) is 89.0 Å². The van der Waals surface area contributed by atoms with E-state index in [0.29, 0.717) is 4.73 Å². The standard InChI is InChI=1S/C10H14N5O8P.Na.H/c11-8-5-9(13-3-15(8)18)14(2-12-5)10-7(17)6(16)4(23-10)1-22-24(19,20)21;;/h2-4,6-7,10,16-17H,1,11H2,(H2,19,20,21);;/t4-,6?,7?,10-;;/m0../s1. The summed E-state index contributed by atoms with van der Waals surface area (Å²) in [5, 5.41) is 31.4. The molecule has 0 aromatic carbocycles. The van der Waals surface area contributed by atoms with E-state index < -0.39 is 39.0 Å². The maximum absolute atomic E-state index is 11.4. The maximum atomic E-state index is 11.4. The van der Waals surface area contributed by atoms with Crippen molar-refractivity contribution in [2.45, 2.75) is 24.5 Å². The van der Waals surface area contributed by atoms with Gasteiger partial charge in [0.15, 0.2) is 11.7 Å². The first kappa shape index (κ1) is 20.5. The second kappa shape index (κ2) is 7.40. The Morgan fingerprint density at radius 1 is 1.40 bits per heavy atom. The normalized spacial score (nSPS) is 26.7. The molecular formula is C10H15N5NaO8P. The third-order valence-electron chi connectivity index (χ3n) is 3.55. The molecule has 2 aromatic rings. The molecule has 0 spiro atoms. The molecule has 15 heteroatoms. The number of imidazole rings is 1. The van der Waals surface area contributed by atoms with Gasteiger partial charge in [0.2, 0.25) is 12.0 Å². The van der Waals surface area contributed by atoms with Crippen LogP contribution in [-0.2, 0) is 13.8 Å². The van der Waals surface area contributed by atoms with Gasteiger partial charge in [-0.15, -0.1) is 0 Å². The quantitative estimate of drug-likeness (QED) is 0.152. The zero-order valence-corrected chi connectivity index (χ0v) is 12.8. The summed E-state index contributed by atoms with van der Waals surface area (Å²) < 4.78 is 22.0.